The first-order valence-electron chi connectivity index (χ1n) is 8.89. The lowest BCUT2D eigenvalue weighted by atomic mass is 10.1. The number of fused-ring (bicyclic) bond motifs is 2. The summed E-state index contributed by atoms with van der Waals surface area (Å²) < 4.78 is 25.9. The molecule has 0 atom stereocenters. The quantitative estimate of drug-likeness (QED) is 0.580. The highest BCUT2D eigenvalue weighted by molar-refractivity contribution is 5.81. The summed E-state index contributed by atoms with van der Waals surface area (Å²) in [5.74, 6) is 1.02. The number of nitrogens with one attached hydrogen (secondary N) is 1. The van der Waals surface area contributed by atoms with Gasteiger partial charge in [-0.05, 0) is 42.8 Å². The lowest BCUT2D eigenvalue weighted by Crippen LogP contribution is -2.16. The van der Waals surface area contributed by atoms with E-state index in [-0.39, 0.29) is 11.4 Å². The van der Waals surface area contributed by atoms with Gasteiger partial charge in [0, 0.05) is 17.2 Å². The molecule has 0 bridgehead atoms. The molecule has 1 aliphatic heterocycles. The number of aryl methyl sites for hydroxylation is 1. The second kappa shape index (κ2) is 6.23. The summed E-state index contributed by atoms with van der Waals surface area (Å²) in [6.45, 7) is 2.83. The van der Waals surface area contributed by atoms with Crippen molar-refractivity contribution in [2.24, 2.45) is 0 Å². The molecule has 0 saturated carbocycles. The zero-order chi connectivity index (χ0) is 19.3. The van der Waals surface area contributed by atoms with E-state index in [1.165, 1.54) is 22.7 Å². The average molecular weight is 377 g/mol. The van der Waals surface area contributed by atoms with Gasteiger partial charge in [0.15, 0.2) is 11.5 Å². The summed E-state index contributed by atoms with van der Waals surface area (Å²) in [7, 11) is 0. The van der Waals surface area contributed by atoms with Crippen LogP contribution >= 0.6 is 0 Å². The summed E-state index contributed by atoms with van der Waals surface area (Å²) in [5.41, 5.74) is 3.96. The van der Waals surface area contributed by atoms with Crippen molar-refractivity contribution in [2.75, 3.05) is 13.2 Å². The Hall–Kier alpha value is -3.61. The number of nitrogens with zero attached hydrogens (tertiary/aromatic N) is 2. The van der Waals surface area contributed by atoms with E-state index in [1.807, 2.05) is 25.1 Å². The van der Waals surface area contributed by atoms with Crippen molar-refractivity contribution in [2.45, 2.75) is 6.92 Å². The lowest BCUT2D eigenvalue weighted by molar-refractivity contribution is 0.171. The molecule has 1 N–H and O–H groups in total. The van der Waals surface area contributed by atoms with Crippen molar-refractivity contribution >= 4 is 5.65 Å². The number of benzene rings is 2. The van der Waals surface area contributed by atoms with Crippen LogP contribution in [0.4, 0.5) is 4.39 Å². The van der Waals surface area contributed by atoms with Gasteiger partial charge in [0.25, 0.3) is 5.56 Å². The number of hydrogen-bond acceptors (Lipinski definition) is 4. The Morgan fingerprint density at radius 3 is 2.50 bits per heavy atom. The van der Waals surface area contributed by atoms with E-state index in [0.717, 1.165) is 16.7 Å². The van der Waals surface area contributed by atoms with E-state index in [0.29, 0.717) is 41.7 Å². The molecule has 0 unspecified atom stereocenters. The van der Waals surface area contributed by atoms with Gasteiger partial charge in [-0.15, -0.1) is 0 Å². The Morgan fingerprint density at radius 1 is 1.00 bits per heavy atom. The van der Waals surface area contributed by atoms with Crippen LogP contribution in [0.1, 0.15) is 5.69 Å². The molecule has 0 saturated heterocycles. The molecule has 0 aliphatic carbocycles. The zero-order valence-corrected chi connectivity index (χ0v) is 15.0. The fourth-order valence-corrected chi connectivity index (χ4v) is 3.48. The molecule has 28 heavy (non-hydrogen) atoms. The highest BCUT2D eigenvalue weighted by atomic mass is 19.1. The molecule has 3 heterocycles. The summed E-state index contributed by atoms with van der Waals surface area (Å²) in [6.07, 6.45) is 0. The van der Waals surface area contributed by atoms with Gasteiger partial charge in [-0.3, -0.25) is 4.79 Å². The molecule has 5 rings (SSSR count). The van der Waals surface area contributed by atoms with Crippen LogP contribution in [0.25, 0.3) is 28.0 Å². The van der Waals surface area contributed by atoms with E-state index in [9.17, 15) is 9.18 Å². The highest BCUT2D eigenvalue weighted by Crippen LogP contribution is 2.34. The molecule has 0 radical (unpaired) electrons. The topological polar surface area (TPSA) is 68.6 Å². The van der Waals surface area contributed by atoms with E-state index < -0.39 is 0 Å². The number of ether oxygens (including phenoxy) is 2. The predicted molar refractivity (Wildman–Crippen MR) is 102 cm³/mol. The molecule has 2 aromatic carbocycles. The van der Waals surface area contributed by atoms with Crippen molar-refractivity contribution in [1.82, 2.24) is 14.6 Å². The van der Waals surface area contributed by atoms with Crippen molar-refractivity contribution in [1.29, 1.82) is 0 Å². The second-order valence-electron chi connectivity index (χ2n) is 6.61. The first-order chi connectivity index (χ1) is 13.6. The van der Waals surface area contributed by atoms with Crippen LogP contribution in [-0.2, 0) is 0 Å². The van der Waals surface area contributed by atoms with E-state index >= 15 is 0 Å². The molecular weight excluding hydrogens is 361 g/mol. The Labute approximate surface area is 159 Å². The summed E-state index contributed by atoms with van der Waals surface area (Å²) in [5, 5.41) is 4.35. The summed E-state index contributed by atoms with van der Waals surface area (Å²) in [6, 6.07) is 13.2. The number of aromatic nitrogens is 3. The first-order valence-corrected chi connectivity index (χ1v) is 8.89. The molecule has 0 fully saturated rings. The van der Waals surface area contributed by atoms with Gasteiger partial charge in [0.2, 0.25) is 0 Å². The molecule has 140 valence electrons. The minimum atomic E-state index is -0.316. The Kier molecular flexibility index (Phi) is 3.68. The maximum atomic E-state index is 13.3. The van der Waals surface area contributed by atoms with Gasteiger partial charge >= 0.3 is 0 Å². The van der Waals surface area contributed by atoms with Gasteiger partial charge in [0.05, 0.1) is 11.4 Å². The van der Waals surface area contributed by atoms with Gasteiger partial charge in [-0.2, -0.15) is 9.61 Å². The van der Waals surface area contributed by atoms with Crippen LogP contribution in [0.5, 0.6) is 11.5 Å². The number of aromatic amines is 1. The van der Waals surface area contributed by atoms with Crippen LogP contribution in [0.2, 0.25) is 0 Å². The van der Waals surface area contributed by atoms with Crippen molar-refractivity contribution in [3.8, 4) is 33.9 Å². The molecular formula is C21H16FN3O3. The number of H-pyrrole nitrogens is 1. The third-order valence-electron chi connectivity index (χ3n) is 4.78. The van der Waals surface area contributed by atoms with Gasteiger partial charge in [-0.25, -0.2) is 4.39 Å². The maximum Gasteiger partial charge on any atom is 0.274 e. The predicted octanol–water partition coefficient (Wildman–Crippen LogP) is 3.58. The SMILES string of the molecule is Cc1nn2c(=O)cc(-c3ccc4c(c3)OCCO4)[nH]c2c1-c1ccc(F)cc1. The average Bonchev–Trinajstić information content (AvgIpc) is 3.05. The Balaban J connectivity index is 1.70. The second-order valence-corrected chi connectivity index (χ2v) is 6.61. The van der Waals surface area contributed by atoms with Crippen LogP contribution < -0.4 is 15.0 Å². The molecule has 0 amide bonds. The first kappa shape index (κ1) is 16.6. The normalized spacial score (nSPS) is 13.1. The molecule has 0 spiro atoms. The van der Waals surface area contributed by atoms with Crippen molar-refractivity contribution in [3.63, 3.8) is 0 Å². The monoisotopic (exact) mass is 377 g/mol. The lowest BCUT2D eigenvalue weighted by Gasteiger charge is -2.18. The molecule has 2 aromatic heterocycles. The number of hydrogen-bond donors (Lipinski definition) is 1. The van der Waals surface area contributed by atoms with Crippen LogP contribution in [0.15, 0.2) is 53.3 Å². The van der Waals surface area contributed by atoms with Crippen LogP contribution in [-0.4, -0.2) is 27.8 Å². The molecule has 6 nitrogen and oxygen atoms in total. The Bertz CT molecular complexity index is 1260. The van der Waals surface area contributed by atoms with Crippen LogP contribution in [0, 0.1) is 12.7 Å². The number of rotatable bonds is 2. The largest absolute Gasteiger partial charge is 0.486 e. The van der Waals surface area contributed by atoms with Gasteiger partial charge in [0.1, 0.15) is 24.7 Å². The molecule has 7 heteroatoms. The smallest absolute Gasteiger partial charge is 0.274 e. The fraction of sp³-hybridized carbons (Fsp3) is 0.143. The van der Waals surface area contributed by atoms with Crippen molar-refractivity contribution in [3.05, 3.63) is 70.4 Å². The van der Waals surface area contributed by atoms with E-state index in [2.05, 4.69) is 10.1 Å². The third-order valence-corrected chi connectivity index (χ3v) is 4.78. The van der Waals surface area contributed by atoms with E-state index in [1.54, 1.807) is 12.1 Å². The Morgan fingerprint density at radius 2 is 1.71 bits per heavy atom. The molecule has 4 aromatic rings. The van der Waals surface area contributed by atoms with Gasteiger partial charge in [-0.1, -0.05) is 12.1 Å². The highest BCUT2D eigenvalue weighted by Gasteiger charge is 2.17. The van der Waals surface area contributed by atoms with E-state index in [4.69, 9.17) is 9.47 Å². The third kappa shape index (κ3) is 2.63. The minimum absolute atomic E-state index is 0.255. The number of halogens is 1. The minimum Gasteiger partial charge on any atom is -0.486 e. The maximum absolute atomic E-state index is 13.3. The van der Waals surface area contributed by atoms with Crippen LogP contribution in [0.3, 0.4) is 0 Å². The summed E-state index contributed by atoms with van der Waals surface area (Å²) in [4.78, 5) is 16.0. The van der Waals surface area contributed by atoms with Gasteiger partial charge < -0.3 is 14.5 Å². The molecule has 1 aliphatic rings. The fourth-order valence-electron chi connectivity index (χ4n) is 3.48. The standard InChI is InChI=1S/C21H16FN3O3/c1-12-20(13-2-5-15(22)6-3-13)21-23-16(11-19(26)25(21)24-12)14-4-7-17-18(10-14)28-9-8-27-17/h2-7,10-11,23H,8-9H2,1H3. The zero-order valence-electron chi connectivity index (χ0n) is 15.0. The summed E-state index contributed by atoms with van der Waals surface area (Å²) >= 11 is 0. The van der Waals surface area contributed by atoms with Crippen molar-refractivity contribution < 1.29 is 13.9 Å².